The van der Waals surface area contributed by atoms with Crippen LogP contribution in [0.4, 0.5) is 0 Å². The maximum Gasteiger partial charge on any atom is 0.251 e. The highest BCUT2D eigenvalue weighted by Gasteiger charge is 2.36. The zero-order chi connectivity index (χ0) is 14.1. The molecule has 2 unspecified atom stereocenters. The van der Waals surface area contributed by atoms with Crippen LogP contribution in [0.25, 0.3) is 0 Å². The molecule has 2 aliphatic rings. The molecule has 2 atom stereocenters. The van der Waals surface area contributed by atoms with Crippen molar-refractivity contribution in [3.63, 3.8) is 0 Å². The molecule has 3 rings (SSSR count). The van der Waals surface area contributed by atoms with Gasteiger partial charge < -0.3 is 5.32 Å². The summed E-state index contributed by atoms with van der Waals surface area (Å²) < 4.78 is 0. The van der Waals surface area contributed by atoms with Gasteiger partial charge in [0.1, 0.15) is 0 Å². The number of nitrogens with one attached hydrogen (secondary N) is 1. The third-order valence-corrected chi connectivity index (χ3v) is 4.92. The smallest absolute Gasteiger partial charge is 0.251 e. The Morgan fingerprint density at radius 2 is 2.15 bits per heavy atom. The number of thiol groups is 1. The average Bonchev–Trinajstić information content (AvgIpc) is 2.85. The van der Waals surface area contributed by atoms with Gasteiger partial charge in [0.05, 0.1) is 0 Å². The van der Waals surface area contributed by atoms with Gasteiger partial charge in [-0.25, -0.2) is 0 Å². The number of hydrogen-bond donors (Lipinski definition) is 2. The number of fused-ring (bicyclic) bond motifs is 1. The monoisotopic (exact) mass is 290 g/mol. The van der Waals surface area contributed by atoms with E-state index in [1.807, 2.05) is 25.1 Å². The van der Waals surface area contributed by atoms with E-state index in [4.69, 9.17) is 0 Å². The van der Waals surface area contributed by atoms with Crippen LogP contribution in [0, 0.1) is 6.92 Å². The van der Waals surface area contributed by atoms with E-state index < -0.39 is 0 Å². The average molecular weight is 290 g/mol. The number of nitrogens with zero attached hydrogens (tertiary/aromatic N) is 1. The summed E-state index contributed by atoms with van der Waals surface area (Å²) in [6.07, 6.45) is 4.89. The van der Waals surface area contributed by atoms with Crippen LogP contribution in [-0.4, -0.2) is 36.0 Å². The van der Waals surface area contributed by atoms with Crippen molar-refractivity contribution < 1.29 is 4.79 Å². The van der Waals surface area contributed by atoms with Crippen LogP contribution < -0.4 is 5.32 Å². The van der Waals surface area contributed by atoms with E-state index in [-0.39, 0.29) is 5.91 Å². The second-order valence-electron chi connectivity index (χ2n) is 5.97. The van der Waals surface area contributed by atoms with Gasteiger partial charge in [0.2, 0.25) is 0 Å². The molecule has 20 heavy (non-hydrogen) atoms. The molecule has 1 amide bonds. The van der Waals surface area contributed by atoms with Crippen molar-refractivity contribution in [2.24, 2.45) is 0 Å². The summed E-state index contributed by atoms with van der Waals surface area (Å²) in [5.74, 6) is 0.0517. The molecule has 2 saturated heterocycles. The second-order valence-corrected chi connectivity index (χ2v) is 6.48. The van der Waals surface area contributed by atoms with E-state index in [1.54, 1.807) is 0 Å². The SMILES string of the molecule is Cc1ccc(S)cc1C(=O)NC1CCN2CCCCC12. The fourth-order valence-electron chi connectivity index (χ4n) is 3.52. The lowest BCUT2D eigenvalue weighted by atomic mass is 9.98. The zero-order valence-corrected chi connectivity index (χ0v) is 12.8. The predicted molar refractivity (Wildman–Crippen MR) is 83.5 cm³/mol. The molecule has 1 aromatic rings. The molecule has 1 N–H and O–H groups in total. The van der Waals surface area contributed by atoms with Crippen molar-refractivity contribution in [3.05, 3.63) is 29.3 Å². The Labute approximate surface area is 126 Å². The molecule has 4 heteroatoms. The number of carbonyl (C=O) groups is 1. The number of carbonyl (C=O) groups excluding carboxylic acids is 1. The predicted octanol–water partition coefficient (Wildman–Crippen LogP) is 2.64. The number of aryl methyl sites for hydroxylation is 1. The fraction of sp³-hybridized carbons (Fsp3) is 0.562. The summed E-state index contributed by atoms with van der Waals surface area (Å²) in [7, 11) is 0. The lowest BCUT2D eigenvalue weighted by Gasteiger charge is -2.32. The maximum absolute atomic E-state index is 12.5. The summed E-state index contributed by atoms with van der Waals surface area (Å²) >= 11 is 4.33. The summed E-state index contributed by atoms with van der Waals surface area (Å²) in [6, 6.07) is 6.60. The molecular formula is C16H22N2OS. The molecule has 0 aromatic heterocycles. The first-order chi connectivity index (χ1) is 9.65. The molecule has 1 aromatic carbocycles. The van der Waals surface area contributed by atoms with Gasteiger partial charge in [-0.05, 0) is 50.4 Å². The quantitative estimate of drug-likeness (QED) is 0.821. The Morgan fingerprint density at radius 1 is 1.30 bits per heavy atom. The van der Waals surface area contributed by atoms with Gasteiger partial charge in [-0.1, -0.05) is 12.5 Å². The van der Waals surface area contributed by atoms with E-state index in [0.29, 0.717) is 12.1 Å². The molecular weight excluding hydrogens is 268 g/mol. The Hall–Kier alpha value is -1.00. The highest BCUT2D eigenvalue weighted by molar-refractivity contribution is 7.80. The molecule has 2 aliphatic heterocycles. The van der Waals surface area contributed by atoms with Gasteiger partial charge in [0.25, 0.3) is 5.91 Å². The van der Waals surface area contributed by atoms with Crippen LogP contribution in [0.2, 0.25) is 0 Å². The number of hydrogen-bond acceptors (Lipinski definition) is 3. The number of piperidine rings is 1. The summed E-state index contributed by atoms with van der Waals surface area (Å²) in [5.41, 5.74) is 1.77. The third-order valence-electron chi connectivity index (χ3n) is 4.64. The molecule has 108 valence electrons. The highest BCUT2D eigenvalue weighted by atomic mass is 32.1. The van der Waals surface area contributed by atoms with E-state index in [2.05, 4.69) is 22.8 Å². The summed E-state index contributed by atoms with van der Waals surface area (Å²) in [5, 5.41) is 3.25. The van der Waals surface area contributed by atoms with Crippen molar-refractivity contribution in [1.82, 2.24) is 10.2 Å². The van der Waals surface area contributed by atoms with Gasteiger partial charge >= 0.3 is 0 Å². The van der Waals surface area contributed by atoms with Crippen molar-refractivity contribution in [2.45, 2.75) is 49.6 Å². The summed E-state index contributed by atoms with van der Waals surface area (Å²) in [4.78, 5) is 15.9. The van der Waals surface area contributed by atoms with Crippen molar-refractivity contribution >= 4 is 18.5 Å². The minimum absolute atomic E-state index is 0.0517. The van der Waals surface area contributed by atoms with E-state index in [0.717, 1.165) is 29.0 Å². The minimum atomic E-state index is 0.0517. The number of amides is 1. The number of benzene rings is 1. The largest absolute Gasteiger partial charge is 0.348 e. The van der Waals surface area contributed by atoms with Gasteiger partial charge in [-0.3, -0.25) is 9.69 Å². The lowest BCUT2D eigenvalue weighted by molar-refractivity contribution is 0.0914. The van der Waals surface area contributed by atoms with Gasteiger partial charge in [0, 0.05) is 29.1 Å². The van der Waals surface area contributed by atoms with Gasteiger partial charge in [0.15, 0.2) is 0 Å². The second kappa shape index (κ2) is 5.78. The van der Waals surface area contributed by atoms with Crippen molar-refractivity contribution in [1.29, 1.82) is 0 Å². The van der Waals surface area contributed by atoms with E-state index in [9.17, 15) is 4.79 Å². The molecule has 2 heterocycles. The third kappa shape index (κ3) is 2.72. The molecule has 0 aliphatic carbocycles. The van der Waals surface area contributed by atoms with Crippen LogP contribution in [0.3, 0.4) is 0 Å². The summed E-state index contributed by atoms with van der Waals surface area (Å²) in [6.45, 7) is 4.30. The Morgan fingerprint density at radius 3 is 3.00 bits per heavy atom. The zero-order valence-electron chi connectivity index (χ0n) is 11.9. The van der Waals surface area contributed by atoms with Crippen molar-refractivity contribution in [3.8, 4) is 0 Å². The lowest BCUT2D eigenvalue weighted by Crippen LogP contribution is -2.46. The van der Waals surface area contributed by atoms with E-state index >= 15 is 0 Å². The molecule has 0 bridgehead atoms. The van der Waals surface area contributed by atoms with Crippen LogP contribution in [0.15, 0.2) is 23.1 Å². The first-order valence-electron chi connectivity index (χ1n) is 7.49. The normalized spacial score (nSPS) is 26.3. The molecule has 2 fully saturated rings. The van der Waals surface area contributed by atoms with E-state index in [1.165, 1.54) is 25.8 Å². The fourth-order valence-corrected chi connectivity index (χ4v) is 3.72. The Kier molecular flexibility index (Phi) is 4.03. The van der Waals surface area contributed by atoms with Crippen LogP contribution in [0.5, 0.6) is 0 Å². The Bertz CT molecular complexity index is 517. The highest BCUT2D eigenvalue weighted by Crippen LogP contribution is 2.27. The molecule has 0 spiro atoms. The topological polar surface area (TPSA) is 32.3 Å². The first kappa shape index (κ1) is 14.0. The molecule has 3 nitrogen and oxygen atoms in total. The molecule has 0 saturated carbocycles. The molecule has 0 radical (unpaired) electrons. The number of rotatable bonds is 2. The standard InChI is InChI=1S/C16H22N2OS/c1-11-5-6-12(20)10-13(11)16(19)17-14-7-9-18-8-3-2-4-15(14)18/h5-6,10,14-15,20H,2-4,7-9H2,1H3,(H,17,19). The van der Waals surface area contributed by atoms with Crippen LogP contribution in [-0.2, 0) is 0 Å². The van der Waals surface area contributed by atoms with Gasteiger partial charge in [-0.15, -0.1) is 12.6 Å². The van der Waals surface area contributed by atoms with Gasteiger partial charge in [-0.2, -0.15) is 0 Å². The van der Waals surface area contributed by atoms with Crippen molar-refractivity contribution in [2.75, 3.05) is 13.1 Å². The minimum Gasteiger partial charge on any atom is -0.348 e. The van der Waals surface area contributed by atoms with Crippen LogP contribution >= 0.6 is 12.6 Å². The maximum atomic E-state index is 12.5. The van der Waals surface area contributed by atoms with Crippen LogP contribution in [0.1, 0.15) is 41.6 Å². The first-order valence-corrected chi connectivity index (χ1v) is 7.94. The Balaban J connectivity index is 1.71.